The average molecular weight is 1490 g/mol. The third-order valence-electron chi connectivity index (χ3n) is 17.2. The molecule has 1 saturated heterocycles. The van der Waals surface area contributed by atoms with Crippen molar-refractivity contribution < 1.29 is 85.6 Å². The van der Waals surface area contributed by atoms with Crippen molar-refractivity contribution in [3.8, 4) is 5.69 Å². The molecule has 1 fully saturated rings. The smallest absolute Gasteiger partial charge is 0.362 e. The number of nitrogens with one attached hydrogen (secondary N) is 8. The molecule has 15 N–H and O–H groups in total. The van der Waals surface area contributed by atoms with Crippen LogP contribution < -0.4 is 59.2 Å². The molecule has 0 spiro atoms. The largest absolute Gasteiger partial charge is 0.481 e. The summed E-state index contributed by atoms with van der Waals surface area (Å²) in [6.45, 7) is 9.87. The number of likely N-dealkylation sites (tertiary alicyclic amines) is 1. The molecule has 1 aliphatic heterocycles. The Bertz CT molecular complexity index is 3860. The molecule has 0 bridgehead atoms. The van der Waals surface area contributed by atoms with Crippen LogP contribution in [0.25, 0.3) is 16.7 Å². The number of rotatable bonds is 46. The first-order valence-electron chi connectivity index (χ1n) is 34.3. The number of aliphatic hydroxyl groups excluding tert-OH is 1. The van der Waals surface area contributed by atoms with E-state index in [0.717, 1.165) is 37.5 Å². The zero-order valence-corrected chi connectivity index (χ0v) is 60.4. The summed E-state index contributed by atoms with van der Waals surface area (Å²) in [4.78, 5) is 159. The van der Waals surface area contributed by atoms with Crippen LogP contribution in [0, 0.1) is 5.92 Å². The van der Waals surface area contributed by atoms with Gasteiger partial charge in [0.1, 0.15) is 53.6 Å². The maximum absolute atomic E-state index is 14.9. The van der Waals surface area contributed by atoms with Gasteiger partial charge in [0.2, 0.25) is 47.3 Å². The lowest BCUT2D eigenvalue weighted by atomic mass is 9.97. The Morgan fingerprint density at radius 2 is 1.51 bits per heavy atom. The Labute approximate surface area is 605 Å². The highest BCUT2D eigenvalue weighted by Crippen LogP contribution is 2.25. The van der Waals surface area contributed by atoms with Gasteiger partial charge in [0.05, 0.1) is 75.6 Å². The maximum Gasteiger partial charge on any atom is 0.362 e. The number of fused-ring (bicyclic) bond motifs is 1. The van der Waals surface area contributed by atoms with E-state index < -0.39 is 148 Å². The molecule has 8 amide bonds. The molecule has 0 radical (unpaired) electrons. The van der Waals surface area contributed by atoms with Crippen molar-refractivity contribution in [1.29, 1.82) is 0 Å². The van der Waals surface area contributed by atoms with Gasteiger partial charge in [0.25, 0.3) is 0 Å². The number of aromatic amines is 1. The molecule has 104 heavy (non-hydrogen) atoms. The van der Waals surface area contributed by atoms with E-state index >= 15 is 0 Å². The minimum atomic E-state index is -3.68. The van der Waals surface area contributed by atoms with Crippen LogP contribution in [0.2, 0.25) is 0 Å². The normalized spacial score (nSPS) is 15.6. The summed E-state index contributed by atoms with van der Waals surface area (Å²) in [5, 5.41) is 56.7. The second-order valence-corrected chi connectivity index (χ2v) is 28.4. The predicted octanol–water partition coefficient (Wildman–Crippen LogP) is -1.43. The number of nitrogens with zero attached hydrogens (tertiary/aromatic N) is 6. The molecule has 0 saturated carbocycles. The zero-order chi connectivity index (χ0) is 76.0. The lowest BCUT2D eigenvalue weighted by Gasteiger charge is -2.32. The van der Waals surface area contributed by atoms with Gasteiger partial charge in [-0.2, -0.15) is 11.8 Å². The Balaban J connectivity index is 1.01. The van der Waals surface area contributed by atoms with Crippen LogP contribution >= 0.6 is 11.8 Å². The third kappa shape index (κ3) is 26.1. The van der Waals surface area contributed by atoms with Crippen molar-refractivity contribution in [2.24, 2.45) is 17.4 Å². The SMILES string of the molecule is CC[C@H](C)[C@H](NC(=O)[C@@H]1CCCN1C(=O)[C@H](Cc1ccccc1)NC(=O)[C@H](Cc1cnc[nH]1)NC(=O)[C@@H](NC(=O)[C@H](CC(=O)O)NC(=O)CNC(=O)[C@@H](N)CCCCN)[C@@H](C)O)C(=O)N[C@@H](CSCCS(=O)(=O)CCOCCOCc1cn(-c2cc3ccc(N(CC)CC)cc3oc2=O)nn1)C(=O)O. The highest BCUT2D eigenvalue weighted by Gasteiger charge is 2.42. The van der Waals surface area contributed by atoms with Crippen LogP contribution in [-0.2, 0) is 86.7 Å². The highest BCUT2D eigenvalue weighted by molar-refractivity contribution is 8.00. The Morgan fingerprint density at radius 1 is 0.808 bits per heavy atom. The van der Waals surface area contributed by atoms with Crippen molar-refractivity contribution >= 4 is 97.5 Å². The summed E-state index contributed by atoms with van der Waals surface area (Å²) in [6.07, 6.45) is 3.16. The maximum atomic E-state index is 14.9. The number of unbranched alkanes of at least 4 members (excludes halogenated alkanes) is 1. The number of H-pyrrole nitrogens is 1. The fraction of sp³-hybridized carbons (Fsp3) is 0.552. The van der Waals surface area contributed by atoms with Crippen molar-refractivity contribution in [1.82, 2.24) is 67.1 Å². The van der Waals surface area contributed by atoms with Crippen molar-refractivity contribution in [2.75, 3.05) is 80.5 Å². The number of carbonyl (C=O) groups is 10. The Morgan fingerprint density at radius 3 is 2.18 bits per heavy atom. The Hall–Kier alpha value is -9.40. The molecule has 0 aliphatic carbocycles. The van der Waals surface area contributed by atoms with Crippen LogP contribution in [0.15, 0.2) is 82.5 Å². The summed E-state index contributed by atoms with van der Waals surface area (Å²) in [6, 6.07) is 4.01. The van der Waals surface area contributed by atoms with Crippen LogP contribution in [-0.4, -0.2) is 243 Å². The summed E-state index contributed by atoms with van der Waals surface area (Å²) < 4.78 is 44.0. The lowest BCUT2D eigenvalue weighted by Crippen LogP contribution is -2.62. The number of carbonyl (C=O) groups excluding carboxylic acids is 8. The molecular formula is C67H96N16O19S2. The number of carboxylic acid groups (broad SMARTS) is 2. The number of hydrogen-bond acceptors (Lipinski definition) is 24. The van der Waals surface area contributed by atoms with Gasteiger partial charge in [0, 0.05) is 73.0 Å². The summed E-state index contributed by atoms with van der Waals surface area (Å²) >= 11 is 0.973. The zero-order valence-electron chi connectivity index (χ0n) is 58.8. The number of imidazole rings is 1. The van der Waals surface area contributed by atoms with Gasteiger partial charge >= 0.3 is 17.6 Å². The van der Waals surface area contributed by atoms with Crippen LogP contribution in [0.4, 0.5) is 5.69 Å². The average Bonchev–Trinajstić information content (AvgIpc) is 1.81. The van der Waals surface area contributed by atoms with E-state index in [2.05, 4.69) is 62.4 Å². The number of amides is 8. The molecule has 6 rings (SSSR count). The van der Waals surface area contributed by atoms with E-state index in [1.807, 2.05) is 32.0 Å². The molecule has 5 aromatic rings. The molecule has 37 heteroatoms. The van der Waals surface area contributed by atoms with Gasteiger partial charge in [-0.05, 0) is 82.7 Å². The molecular weight excluding hydrogens is 1400 g/mol. The first kappa shape index (κ1) is 83.5. The number of thioether (sulfide) groups is 1. The summed E-state index contributed by atoms with van der Waals surface area (Å²) in [5.41, 5.74) is 13.6. The van der Waals surface area contributed by atoms with Gasteiger partial charge in [0.15, 0.2) is 15.5 Å². The van der Waals surface area contributed by atoms with Crippen LogP contribution in [0.3, 0.4) is 0 Å². The molecule has 1 aliphatic rings. The Kier molecular flexibility index (Phi) is 33.6. The lowest BCUT2D eigenvalue weighted by molar-refractivity contribution is -0.144. The van der Waals surface area contributed by atoms with Gasteiger partial charge in [-0.3, -0.25) is 43.2 Å². The molecule has 570 valence electrons. The number of carboxylic acids is 2. The van der Waals surface area contributed by atoms with E-state index in [4.69, 9.17) is 25.4 Å². The molecule has 35 nitrogen and oxygen atoms in total. The topological polar surface area (TPSA) is 516 Å². The molecule has 3 aromatic heterocycles. The second kappa shape index (κ2) is 41.8. The third-order valence-corrected chi connectivity index (χ3v) is 20.1. The number of hydrogen-bond donors (Lipinski definition) is 13. The highest BCUT2D eigenvalue weighted by atomic mass is 32.2. The quantitative estimate of drug-likeness (QED) is 0.0157. The number of anilines is 1. The number of benzene rings is 2. The van der Waals surface area contributed by atoms with Crippen molar-refractivity contribution in [3.05, 3.63) is 101 Å². The molecule has 2 aromatic carbocycles. The molecule has 4 heterocycles. The number of aromatic nitrogens is 5. The van der Waals surface area contributed by atoms with Gasteiger partial charge in [-0.15, -0.1) is 5.10 Å². The van der Waals surface area contributed by atoms with E-state index in [-0.39, 0.29) is 87.4 Å². The van der Waals surface area contributed by atoms with Gasteiger partial charge in [-0.1, -0.05) is 62.2 Å². The predicted molar refractivity (Wildman–Crippen MR) is 381 cm³/mol. The van der Waals surface area contributed by atoms with Crippen LogP contribution in [0.5, 0.6) is 0 Å². The first-order chi connectivity index (χ1) is 49.6. The fourth-order valence-electron chi connectivity index (χ4n) is 11.1. The summed E-state index contributed by atoms with van der Waals surface area (Å²) in [5.74, 6) is -11.9. The van der Waals surface area contributed by atoms with E-state index in [1.54, 1.807) is 50.2 Å². The van der Waals surface area contributed by atoms with Crippen molar-refractivity contribution in [2.45, 2.75) is 153 Å². The minimum absolute atomic E-state index is 0.0181. The second-order valence-electron chi connectivity index (χ2n) is 25.0. The molecule has 0 unspecified atom stereocenters. The number of aliphatic carboxylic acids is 2. The first-order valence-corrected chi connectivity index (χ1v) is 37.3. The monoisotopic (exact) mass is 1490 g/mol. The molecule has 10 atom stereocenters. The van der Waals surface area contributed by atoms with Crippen molar-refractivity contribution in [3.63, 3.8) is 0 Å². The standard InChI is InChI=1S/C67H96N16O19S2/c1-6-40(4)57(63(92)76-51(66(95)96)38-103-26-28-104(98,99)27-25-100-23-24-101-37-45-36-83(80-79-45)53-30-43-19-20-46(81(7-2)8-3)32-54(43)102-67(53)97)77-62(91)52-18-14-22-82(52)65(94)50(29-42-15-10-9-11-16-42)75-60(89)48(31-44-34-70-39-72-44)74-64(93)58(41(5)84)78-61(90)49(33-56(86)87)73-55(85)35-71-59(88)47(69)17-12-13-21-68/h9-11,15-16,19-20,30,32,34,36,39-41,47-52,57-58,84H,6-8,12-14,17-18,21-29,31,33,35,37-38,68-69H2,1-5H3,(H,70,72)(H,71,88)(H,73,85)(H,74,93)(H,75,89)(H,76,92)(H,77,91)(H,78,90)(H,86,87)(H,95,96)/t40-,41+,47-,48-,49-,50-,51-,52-,57-,58-/m0/s1. The van der Waals surface area contributed by atoms with Gasteiger partial charge < -0.3 is 92.7 Å². The fourth-order valence-corrected chi connectivity index (χ4v) is 13.8. The minimum Gasteiger partial charge on any atom is -0.481 e. The van der Waals surface area contributed by atoms with Gasteiger partial charge in [-0.25, -0.2) is 27.7 Å². The summed E-state index contributed by atoms with van der Waals surface area (Å²) in [7, 11) is -3.68. The number of ether oxygens (including phenoxy) is 2. The number of aliphatic hydroxyl groups is 1. The van der Waals surface area contributed by atoms with Crippen LogP contribution in [0.1, 0.15) is 96.5 Å². The number of sulfone groups is 1. The number of nitrogens with two attached hydrogens (primary N) is 2. The van der Waals surface area contributed by atoms with E-state index in [9.17, 15) is 76.5 Å². The van der Waals surface area contributed by atoms with E-state index in [1.165, 1.54) is 28.3 Å². The van der Waals surface area contributed by atoms with E-state index in [0.29, 0.717) is 60.1 Å².